The highest BCUT2D eigenvalue weighted by atomic mass is 32.2. The third kappa shape index (κ3) is 28.2. The number of carboxylic acids is 2. The molecule has 344 valence electrons. The Labute approximate surface area is 376 Å². The zero-order valence-electron chi connectivity index (χ0n) is 37.7. The van der Waals surface area contributed by atoms with Gasteiger partial charge in [-0.1, -0.05) is 174 Å². The zero-order valence-corrected chi connectivity index (χ0v) is 39.3. The topological polar surface area (TPSA) is 139 Å². The first kappa shape index (κ1) is 54.0. The molecular formula is C50H79NO8S2. The molecule has 0 radical (unpaired) electrons. The maximum Gasteiger partial charge on any atom is 0.328 e. The van der Waals surface area contributed by atoms with Gasteiger partial charge in [0.25, 0.3) is 0 Å². The summed E-state index contributed by atoms with van der Waals surface area (Å²) in [6.07, 6.45) is 35.8. The molecule has 1 aromatic heterocycles. The summed E-state index contributed by atoms with van der Waals surface area (Å²) < 4.78 is 13.2. The van der Waals surface area contributed by atoms with Crippen molar-refractivity contribution in [1.29, 1.82) is 0 Å². The smallest absolute Gasteiger partial charge is 0.328 e. The highest BCUT2D eigenvalue weighted by molar-refractivity contribution is 8.01. The number of carboxylic acid groups (broad SMARTS) is 2. The van der Waals surface area contributed by atoms with Gasteiger partial charge in [-0.15, -0.1) is 23.1 Å². The third-order valence-electron chi connectivity index (χ3n) is 11.0. The second-order valence-electron chi connectivity index (χ2n) is 16.4. The molecule has 2 heterocycles. The summed E-state index contributed by atoms with van der Waals surface area (Å²) in [5.41, 5.74) is 2.31. The van der Waals surface area contributed by atoms with Crippen LogP contribution in [0.5, 0.6) is 11.5 Å². The number of fused-ring (bicyclic) bond motifs is 1. The van der Waals surface area contributed by atoms with Crippen molar-refractivity contribution in [1.82, 2.24) is 5.32 Å². The Kier molecular flexibility index (Phi) is 32.2. The van der Waals surface area contributed by atoms with Crippen LogP contribution in [0.15, 0.2) is 46.0 Å². The van der Waals surface area contributed by atoms with Crippen LogP contribution >= 0.6 is 23.1 Å². The number of unbranched alkanes of at least 4 members (excludes halogenated alkanes) is 24. The first-order valence-electron chi connectivity index (χ1n) is 23.8. The SMILES string of the molecule is CCCCCCCCCCCCCCCC(=O)Oc1cc2c(cc1OC(=O)CCCCCCCCCCCCCCC)C(CSc1cccs1)NCC2.O=C(O)/C=C/C(=O)O. The number of hydrogen-bond donors (Lipinski definition) is 3. The summed E-state index contributed by atoms with van der Waals surface area (Å²) in [5.74, 6) is -1.32. The number of ether oxygens (including phenoxy) is 2. The van der Waals surface area contributed by atoms with Gasteiger partial charge in [0.1, 0.15) is 0 Å². The Hall–Kier alpha value is -3.15. The second-order valence-corrected chi connectivity index (χ2v) is 18.7. The van der Waals surface area contributed by atoms with Gasteiger partial charge in [0.15, 0.2) is 11.5 Å². The van der Waals surface area contributed by atoms with E-state index in [0.29, 0.717) is 36.5 Å². The Morgan fingerprint density at radius 3 is 1.44 bits per heavy atom. The summed E-state index contributed by atoms with van der Waals surface area (Å²) in [7, 11) is 0. The molecule has 3 N–H and O–H groups in total. The molecule has 0 amide bonds. The lowest BCUT2D eigenvalue weighted by Gasteiger charge is -2.28. The van der Waals surface area contributed by atoms with E-state index in [1.807, 2.05) is 23.9 Å². The molecule has 11 heteroatoms. The normalized spacial score (nSPS) is 13.4. The molecule has 1 aliphatic rings. The van der Waals surface area contributed by atoms with Crippen molar-refractivity contribution >= 4 is 47.0 Å². The first-order valence-corrected chi connectivity index (χ1v) is 25.7. The van der Waals surface area contributed by atoms with Crippen LogP contribution in [-0.2, 0) is 25.6 Å². The minimum atomic E-state index is -1.26. The number of carbonyl (C=O) groups excluding carboxylic acids is 2. The molecule has 0 saturated carbocycles. The molecule has 0 spiro atoms. The Balaban J connectivity index is 0.00000145. The molecule has 61 heavy (non-hydrogen) atoms. The van der Waals surface area contributed by atoms with Crippen molar-refractivity contribution in [3.05, 3.63) is 52.9 Å². The van der Waals surface area contributed by atoms with Crippen molar-refractivity contribution in [3.8, 4) is 11.5 Å². The van der Waals surface area contributed by atoms with E-state index in [9.17, 15) is 19.2 Å². The monoisotopic (exact) mass is 886 g/mol. The number of esters is 2. The number of nitrogens with one attached hydrogen (secondary N) is 1. The van der Waals surface area contributed by atoms with Crippen LogP contribution in [0, 0.1) is 0 Å². The molecule has 1 aromatic carbocycles. The molecular weight excluding hydrogens is 807 g/mol. The van der Waals surface area contributed by atoms with E-state index in [-0.39, 0.29) is 18.0 Å². The van der Waals surface area contributed by atoms with Crippen LogP contribution in [-0.4, -0.2) is 46.4 Å². The molecule has 1 atom stereocenters. The van der Waals surface area contributed by atoms with Gasteiger partial charge in [-0.3, -0.25) is 9.59 Å². The number of hydrogen-bond acceptors (Lipinski definition) is 9. The molecule has 0 aliphatic carbocycles. The molecule has 1 aliphatic heterocycles. The maximum absolute atomic E-state index is 13.1. The molecule has 0 saturated heterocycles. The van der Waals surface area contributed by atoms with E-state index in [0.717, 1.165) is 50.0 Å². The van der Waals surface area contributed by atoms with Crippen molar-refractivity contribution < 1.29 is 38.9 Å². The summed E-state index contributed by atoms with van der Waals surface area (Å²) in [6, 6.07) is 8.32. The molecule has 0 bridgehead atoms. The standard InChI is InChI=1S/C46H75NO4S2.C4H4O4/c1-3-5-7-9-11-13-15-17-19-21-23-25-27-30-44(48)50-42-36-39-33-34-47-41(38-53-46-32-29-35-52-46)40(39)37-43(42)51-45(49)31-28-26-24-22-20-18-16-14-12-10-8-6-4-2;5-3(6)1-2-4(7)8/h29,32,35-37,41,47H,3-28,30-31,33-34,38H2,1-2H3;1-2H,(H,5,6)(H,7,8)/b;2-1+. The van der Waals surface area contributed by atoms with Gasteiger partial charge in [0, 0.05) is 36.8 Å². The second kappa shape index (κ2) is 36.3. The van der Waals surface area contributed by atoms with Gasteiger partial charge in [0.05, 0.1) is 4.21 Å². The van der Waals surface area contributed by atoms with Crippen LogP contribution in [0.3, 0.4) is 0 Å². The molecule has 0 fully saturated rings. The molecule has 1 unspecified atom stereocenters. The van der Waals surface area contributed by atoms with E-state index < -0.39 is 11.9 Å². The average Bonchev–Trinajstić information content (AvgIpc) is 3.77. The van der Waals surface area contributed by atoms with Gasteiger partial charge in [-0.05, 0) is 60.5 Å². The van der Waals surface area contributed by atoms with Gasteiger partial charge < -0.3 is 25.0 Å². The lowest BCUT2D eigenvalue weighted by molar-refractivity contribution is -0.137. The zero-order chi connectivity index (χ0) is 44.2. The van der Waals surface area contributed by atoms with Gasteiger partial charge in [0.2, 0.25) is 0 Å². The number of carbonyl (C=O) groups is 4. The maximum atomic E-state index is 13.1. The van der Waals surface area contributed by atoms with Crippen LogP contribution in [0.2, 0.25) is 0 Å². The van der Waals surface area contributed by atoms with E-state index in [4.69, 9.17) is 19.7 Å². The van der Waals surface area contributed by atoms with Crippen LogP contribution in [0.4, 0.5) is 0 Å². The number of thiophene rings is 1. The van der Waals surface area contributed by atoms with Crippen molar-refractivity contribution in [3.63, 3.8) is 0 Å². The van der Waals surface area contributed by atoms with E-state index >= 15 is 0 Å². The summed E-state index contributed by atoms with van der Waals surface area (Å²) in [6.45, 7) is 5.41. The Bertz CT molecular complexity index is 1480. The summed E-state index contributed by atoms with van der Waals surface area (Å²) >= 11 is 3.60. The van der Waals surface area contributed by atoms with E-state index in [1.165, 1.54) is 151 Å². The fourth-order valence-electron chi connectivity index (χ4n) is 7.53. The van der Waals surface area contributed by atoms with Gasteiger partial charge >= 0.3 is 23.9 Å². The lowest BCUT2D eigenvalue weighted by atomic mass is 9.94. The predicted molar refractivity (Wildman–Crippen MR) is 252 cm³/mol. The molecule has 2 aromatic rings. The number of thioether (sulfide) groups is 1. The van der Waals surface area contributed by atoms with Gasteiger partial charge in [-0.25, -0.2) is 9.59 Å². The fourth-order valence-corrected chi connectivity index (χ4v) is 9.43. The van der Waals surface area contributed by atoms with Crippen LogP contribution < -0.4 is 14.8 Å². The highest BCUT2D eigenvalue weighted by Gasteiger charge is 2.25. The minimum absolute atomic E-state index is 0.139. The predicted octanol–water partition coefficient (Wildman–Crippen LogP) is 14.2. The Morgan fingerprint density at radius 2 is 1.05 bits per heavy atom. The van der Waals surface area contributed by atoms with Crippen LogP contribution in [0.1, 0.15) is 211 Å². The van der Waals surface area contributed by atoms with Crippen LogP contribution in [0.25, 0.3) is 0 Å². The number of rotatable bonds is 35. The highest BCUT2D eigenvalue weighted by Crippen LogP contribution is 2.38. The van der Waals surface area contributed by atoms with E-state index in [2.05, 4.69) is 36.7 Å². The minimum Gasteiger partial charge on any atom is -0.478 e. The van der Waals surface area contributed by atoms with Crippen molar-refractivity contribution in [2.24, 2.45) is 0 Å². The number of aliphatic carboxylic acids is 2. The van der Waals surface area contributed by atoms with Crippen molar-refractivity contribution in [2.45, 2.75) is 210 Å². The van der Waals surface area contributed by atoms with Gasteiger partial charge in [-0.2, -0.15) is 0 Å². The lowest BCUT2D eigenvalue weighted by Crippen LogP contribution is -2.31. The third-order valence-corrected chi connectivity index (χ3v) is 13.3. The largest absolute Gasteiger partial charge is 0.478 e. The fraction of sp³-hybridized carbons (Fsp3) is 0.680. The van der Waals surface area contributed by atoms with E-state index in [1.54, 1.807) is 11.3 Å². The van der Waals surface area contributed by atoms with Crippen molar-refractivity contribution in [2.75, 3.05) is 12.3 Å². The first-order chi connectivity index (χ1) is 29.7. The summed E-state index contributed by atoms with van der Waals surface area (Å²) in [5, 5.41) is 21.4. The molecule has 3 rings (SSSR count). The molecule has 9 nitrogen and oxygen atoms in total. The quantitative estimate of drug-likeness (QED) is 0.0201. The number of benzene rings is 1. The summed E-state index contributed by atoms with van der Waals surface area (Å²) in [4.78, 5) is 45.3. The average molecular weight is 886 g/mol. The Morgan fingerprint density at radius 1 is 0.639 bits per heavy atom.